The fourth-order valence-electron chi connectivity index (χ4n) is 2.39. The van der Waals surface area contributed by atoms with Gasteiger partial charge in [-0.1, -0.05) is 5.57 Å². The number of aliphatic hydroxyl groups is 1. The van der Waals surface area contributed by atoms with Gasteiger partial charge in [0.05, 0.1) is 12.3 Å². The summed E-state index contributed by atoms with van der Waals surface area (Å²) in [5.74, 6) is 0. The Morgan fingerprint density at radius 2 is 2.38 bits per heavy atom. The van der Waals surface area contributed by atoms with Crippen LogP contribution >= 0.6 is 0 Å². The SMILES string of the molecule is OC1CCC2=C1Cc1cn[nH]c1C2. The first-order valence-corrected chi connectivity index (χ1v) is 4.74. The molecule has 0 saturated carbocycles. The first-order chi connectivity index (χ1) is 6.34. The molecule has 0 aliphatic heterocycles. The van der Waals surface area contributed by atoms with E-state index in [4.69, 9.17) is 0 Å². The number of aromatic amines is 1. The van der Waals surface area contributed by atoms with Crippen molar-refractivity contribution in [2.24, 2.45) is 0 Å². The van der Waals surface area contributed by atoms with Gasteiger partial charge in [-0.05, 0) is 30.4 Å². The first kappa shape index (κ1) is 7.33. The van der Waals surface area contributed by atoms with Crippen LogP contribution in [0.4, 0.5) is 0 Å². The predicted octanol–water partition coefficient (Wildman–Crippen LogP) is 0.960. The summed E-state index contributed by atoms with van der Waals surface area (Å²) in [7, 11) is 0. The van der Waals surface area contributed by atoms with Crippen molar-refractivity contribution in [1.29, 1.82) is 0 Å². The summed E-state index contributed by atoms with van der Waals surface area (Å²) < 4.78 is 0. The number of hydrogen-bond donors (Lipinski definition) is 2. The molecule has 2 aliphatic carbocycles. The first-order valence-electron chi connectivity index (χ1n) is 4.74. The Morgan fingerprint density at radius 3 is 3.31 bits per heavy atom. The molecule has 0 saturated heterocycles. The highest BCUT2D eigenvalue weighted by atomic mass is 16.3. The van der Waals surface area contributed by atoms with Crippen molar-refractivity contribution in [2.75, 3.05) is 0 Å². The third-order valence-electron chi connectivity index (χ3n) is 3.15. The van der Waals surface area contributed by atoms with Crippen LogP contribution in [-0.2, 0) is 12.8 Å². The lowest BCUT2D eigenvalue weighted by Gasteiger charge is -2.15. The summed E-state index contributed by atoms with van der Waals surface area (Å²) in [6.07, 6.45) is 5.56. The van der Waals surface area contributed by atoms with Gasteiger partial charge in [0.15, 0.2) is 0 Å². The summed E-state index contributed by atoms with van der Waals surface area (Å²) >= 11 is 0. The summed E-state index contributed by atoms with van der Waals surface area (Å²) in [5, 5.41) is 16.7. The van der Waals surface area contributed by atoms with E-state index in [9.17, 15) is 5.11 Å². The predicted molar refractivity (Wildman–Crippen MR) is 48.3 cm³/mol. The van der Waals surface area contributed by atoms with Gasteiger partial charge in [-0.3, -0.25) is 5.10 Å². The van der Waals surface area contributed by atoms with Crippen LogP contribution in [0.3, 0.4) is 0 Å². The average molecular weight is 176 g/mol. The third-order valence-corrected chi connectivity index (χ3v) is 3.15. The van der Waals surface area contributed by atoms with Crippen LogP contribution in [0.15, 0.2) is 17.3 Å². The van der Waals surface area contributed by atoms with Crippen molar-refractivity contribution in [3.63, 3.8) is 0 Å². The molecule has 3 heteroatoms. The topological polar surface area (TPSA) is 48.9 Å². The number of fused-ring (bicyclic) bond motifs is 1. The lowest BCUT2D eigenvalue weighted by atomic mass is 9.92. The minimum atomic E-state index is -0.182. The van der Waals surface area contributed by atoms with E-state index in [1.807, 2.05) is 6.20 Å². The van der Waals surface area contributed by atoms with Crippen molar-refractivity contribution in [1.82, 2.24) is 10.2 Å². The van der Waals surface area contributed by atoms with Gasteiger partial charge >= 0.3 is 0 Å². The second-order valence-electron chi connectivity index (χ2n) is 3.91. The molecule has 0 spiro atoms. The number of nitrogens with one attached hydrogen (secondary N) is 1. The summed E-state index contributed by atoms with van der Waals surface area (Å²) in [5.41, 5.74) is 5.20. The smallest absolute Gasteiger partial charge is 0.0759 e. The molecule has 1 atom stereocenters. The zero-order valence-electron chi connectivity index (χ0n) is 7.38. The van der Waals surface area contributed by atoms with Crippen molar-refractivity contribution < 1.29 is 5.11 Å². The number of aliphatic hydroxyl groups excluding tert-OH is 1. The molecule has 1 unspecified atom stereocenters. The maximum Gasteiger partial charge on any atom is 0.0759 e. The quantitative estimate of drug-likeness (QED) is 0.578. The second-order valence-corrected chi connectivity index (χ2v) is 3.91. The van der Waals surface area contributed by atoms with E-state index >= 15 is 0 Å². The standard InChI is InChI=1S/C10H12N2O/c13-10-2-1-6-4-9-7(3-8(6)10)5-11-12-9/h5,10,13H,1-4H2,(H,11,12). The maximum absolute atomic E-state index is 9.70. The molecule has 2 aliphatic rings. The molecule has 0 amide bonds. The van der Waals surface area contributed by atoms with Gasteiger partial charge in [0.25, 0.3) is 0 Å². The highest BCUT2D eigenvalue weighted by Crippen LogP contribution is 2.35. The minimum absolute atomic E-state index is 0.182. The Bertz CT molecular complexity index is 378. The van der Waals surface area contributed by atoms with Gasteiger partial charge in [0.1, 0.15) is 0 Å². The molecule has 0 fully saturated rings. The number of aromatic nitrogens is 2. The van der Waals surface area contributed by atoms with E-state index in [1.165, 1.54) is 22.4 Å². The highest BCUT2D eigenvalue weighted by Gasteiger charge is 2.28. The largest absolute Gasteiger partial charge is 0.389 e. The Hall–Kier alpha value is -1.09. The molecule has 0 bridgehead atoms. The lowest BCUT2D eigenvalue weighted by Crippen LogP contribution is -2.12. The molecule has 3 nitrogen and oxygen atoms in total. The minimum Gasteiger partial charge on any atom is -0.389 e. The van der Waals surface area contributed by atoms with Crippen molar-refractivity contribution >= 4 is 0 Å². The average Bonchev–Trinajstić information content (AvgIpc) is 2.70. The van der Waals surface area contributed by atoms with E-state index in [-0.39, 0.29) is 6.10 Å². The van der Waals surface area contributed by atoms with E-state index < -0.39 is 0 Å². The van der Waals surface area contributed by atoms with E-state index in [2.05, 4.69) is 10.2 Å². The third kappa shape index (κ3) is 0.968. The van der Waals surface area contributed by atoms with Gasteiger partial charge in [0, 0.05) is 12.1 Å². The molecular weight excluding hydrogens is 164 g/mol. The molecule has 1 aromatic rings. The van der Waals surface area contributed by atoms with Crippen LogP contribution in [0.1, 0.15) is 24.1 Å². The number of hydrogen-bond acceptors (Lipinski definition) is 2. The van der Waals surface area contributed by atoms with Gasteiger partial charge < -0.3 is 5.11 Å². The van der Waals surface area contributed by atoms with Crippen LogP contribution in [0, 0.1) is 0 Å². The van der Waals surface area contributed by atoms with Crippen LogP contribution in [0.2, 0.25) is 0 Å². The Labute approximate surface area is 76.5 Å². The van der Waals surface area contributed by atoms with Crippen LogP contribution in [-0.4, -0.2) is 21.4 Å². The fraction of sp³-hybridized carbons (Fsp3) is 0.500. The van der Waals surface area contributed by atoms with Crippen LogP contribution in [0.25, 0.3) is 0 Å². The molecule has 68 valence electrons. The molecule has 1 aromatic heterocycles. The molecule has 2 N–H and O–H groups in total. The van der Waals surface area contributed by atoms with Crippen molar-refractivity contribution in [3.8, 4) is 0 Å². The van der Waals surface area contributed by atoms with E-state index in [1.54, 1.807) is 0 Å². The second kappa shape index (κ2) is 2.45. The van der Waals surface area contributed by atoms with E-state index in [0.29, 0.717) is 0 Å². The Morgan fingerprint density at radius 1 is 1.46 bits per heavy atom. The lowest BCUT2D eigenvalue weighted by molar-refractivity contribution is 0.209. The summed E-state index contributed by atoms with van der Waals surface area (Å²) in [6.45, 7) is 0. The van der Waals surface area contributed by atoms with Gasteiger partial charge in [-0.2, -0.15) is 5.10 Å². The Kier molecular flexibility index (Phi) is 1.38. The molecule has 3 rings (SSSR count). The highest BCUT2D eigenvalue weighted by molar-refractivity contribution is 5.39. The number of H-pyrrole nitrogens is 1. The fourth-order valence-corrected chi connectivity index (χ4v) is 2.39. The zero-order valence-corrected chi connectivity index (χ0v) is 7.38. The molecule has 0 radical (unpaired) electrons. The van der Waals surface area contributed by atoms with Crippen molar-refractivity contribution in [3.05, 3.63) is 28.6 Å². The van der Waals surface area contributed by atoms with Gasteiger partial charge in [0.2, 0.25) is 0 Å². The number of rotatable bonds is 0. The van der Waals surface area contributed by atoms with Crippen LogP contribution < -0.4 is 0 Å². The monoisotopic (exact) mass is 176 g/mol. The number of allylic oxidation sites excluding steroid dienone is 1. The van der Waals surface area contributed by atoms with Gasteiger partial charge in [-0.25, -0.2) is 0 Å². The zero-order chi connectivity index (χ0) is 8.84. The molecule has 13 heavy (non-hydrogen) atoms. The molecule has 1 heterocycles. The number of nitrogens with zero attached hydrogens (tertiary/aromatic N) is 1. The van der Waals surface area contributed by atoms with E-state index in [0.717, 1.165) is 25.7 Å². The normalized spacial score (nSPS) is 26.1. The van der Waals surface area contributed by atoms with Gasteiger partial charge in [-0.15, -0.1) is 0 Å². The van der Waals surface area contributed by atoms with Crippen LogP contribution in [0.5, 0.6) is 0 Å². The Balaban J connectivity index is 2.02. The summed E-state index contributed by atoms with van der Waals surface area (Å²) in [6, 6.07) is 0. The maximum atomic E-state index is 9.70. The van der Waals surface area contributed by atoms with Crippen molar-refractivity contribution in [2.45, 2.75) is 31.8 Å². The summed E-state index contributed by atoms with van der Waals surface area (Å²) in [4.78, 5) is 0. The molecule has 0 aromatic carbocycles. The molecular formula is C10H12N2O.